The predicted octanol–water partition coefficient (Wildman–Crippen LogP) is 3.84. The lowest BCUT2D eigenvalue weighted by atomic mass is 9.41. The van der Waals surface area contributed by atoms with Crippen LogP contribution in [0.5, 0.6) is 0 Å². The molecule has 47 heavy (non-hydrogen) atoms. The number of rotatable bonds is 4. The van der Waals surface area contributed by atoms with E-state index in [-0.39, 0.29) is 57.8 Å². The molecule has 2 spiro atoms. The highest BCUT2D eigenvalue weighted by Gasteiger charge is 2.87. The second-order valence-corrected chi connectivity index (χ2v) is 18.9. The molecular weight excluding hydrogens is 604 g/mol. The Bertz CT molecular complexity index is 1330. The van der Waals surface area contributed by atoms with Crippen molar-refractivity contribution in [2.45, 2.75) is 173 Å². The summed E-state index contributed by atoms with van der Waals surface area (Å²) >= 11 is 0. The van der Waals surface area contributed by atoms with Crippen molar-refractivity contribution < 1.29 is 48.9 Å². The molecule has 2 bridgehead atoms. The molecule has 0 unspecified atom stereocenters. The quantitative estimate of drug-likeness (QED) is 0.259. The SMILES string of the molecule is CC(=O)O[C@H]1[C@@H]2O[C@@]3(C(C)(C)O)CC[C@](C)(O3)[C@H]2[C@@]2(C)CC[C@@]34C[C@@]35CC[C@H](O[C@@H]3OC[C@@H](O)[C@H](O)[C@H]3O)C(C)(C)[C@H]5CC[C@@H]4[C@]12C. The smallest absolute Gasteiger partial charge is 0.303 e. The fourth-order valence-electron chi connectivity index (χ4n) is 14.2. The van der Waals surface area contributed by atoms with E-state index in [0.29, 0.717) is 18.3 Å². The van der Waals surface area contributed by atoms with Crippen molar-refractivity contribution in [1.82, 2.24) is 0 Å². The van der Waals surface area contributed by atoms with E-state index in [9.17, 15) is 25.2 Å². The third kappa shape index (κ3) is 3.88. The lowest BCUT2D eigenvalue weighted by Crippen LogP contribution is -2.63. The van der Waals surface area contributed by atoms with Gasteiger partial charge < -0.3 is 44.1 Å². The van der Waals surface area contributed by atoms with Crippen LogP contribution in [0.4, 0.5) is 0 Å². The third-order valence-electron chi connectivity index (χ3n) is 16.4. The molecule has 3 heterocycles. The molecule has 266 valence electrons. The molecule has 16 atom stereocenters. The van der Waals surface area contributed by atoms with Gasteiger partial charge in [-0.25, -0.2) is 0 Å². The van der Waals surface area contributed by atoms with Gasteiger partial charge in [0.2, 0.25) is 0 Å². The fraction of sp³-hybridized carbons (Fsp3) is 0.973. The first kappa shape index (κ1) is 33.3. The van der Waals surface area contributed by atoms with Crippen molar-refractivity contribution in [3.63, 3.8) is 0 Å². The van der Waals surface area contributed by atoms with Crippen LogP contribution < -0.4 is 0 Å². The number of fused-ring (bicyclic) bond motifs is 7. The molecule has 3 aliphatic heterocycles. The van der Waals surface area contributed by atoms with Gasteiger partial charge in [0.1, 0.15) is 36.1 Å². The second kappa shape index (κ2) is 9.72. The molecule has 5 aliphatic carbocycles. The summed E-state index contributed by atoms with van der Waals surface area (Å²) in [4.78, 5) is 12.9. The van der Waals surface area contributed by atoms with Gasteiger partial charge in [-0.05, 0) is 106 Å². The fourth-order valence-corrected chi connectivity index (χ4v) is 14.2. The topological polar surface area (TPSA) is 144 Å². The molecule has 0 aromatic rings. The van der Waals surface area contributed by atoms with Gasteiger partial charge in [-0.15, -0.1) is 0 Å². The van der Waals surface area contributed by atoms with Crippen molar-refractivity contribution in [2.75, 3.05) is 6.61 Å². The Hall–Kier alpha value is -0.850. The summed E-state index contributed by atoms with van der Waals surface area (Å²) in [5, 5.41) is 42.3. The van der Waals surface area contributed by atoms with Crippen LogP contribution in [0.3, 0.4) is 0 Å². The zero-order chi connectivity index (χ0) is 34.0. The number of hydrogen-bond donors (Lipinski definition) is 4. The molecule has 8 aliphatic rings. The highest BCUT2D eigenvalue weighted by atomic mass is 16.7. The summed E-state index contributed by atoms with van der Waals surface area (Å²) in [5.74, 6) is -0.632. The van der Waals surface area contributed by atoms with E-state index in [4.69, 9.17) is 23.7 Å². The van der Waals surface area contributed by atoms with Crippen LogP contribution in [0.15, 0.2) is 0 Å². The maximum atomic E-state index is 12.9. The number of carbonyl (C=O) groups is 1. The minimum Gasteiger partial charge on any atom is -0.459 e. The zero-order valence-electron chi connectivity index (χ0n) is 29.6. The summed E-state index contributed by atoms with van der Waals surface area (Å²) in [6.07, 6.45) is 2.97. The van der Waals surface area contributed by atoms with Crippen LogP contribution in [0.25, 0.3) is 0 Å². The van der Waals surface area contributed by atoms with Crippen LogP contribution in [-0.4, -0.2) is 92.9 Å². The molecule has 0 amide bonds. The van der Waals surface area contributed by atoms with Crippen LogP contribution in [0.1, 0.15) is 113 Å². The number of ether oxygens (including phenoxy) is 5. The largest absolute Gasteiger partial charge is 0.459 e. The molecule has 8 fully saturated rings. The van der Waals surface area contributed by atoms with E-state index in [2.05, 4.69) is 34.6 Å². The lowest BCUT2D eigenvalue weighted by Gasteiger charge is -2.64. The summed E-state index contributed by atoms with van der Waals surface area (Å²) in [5.41, 5.74) is -2.14. The minimum atomic E-state index is -1.30. The standard InChI is InChI=1S/C37H58O10/c1-19(38)44-28-26-27(33(7)14-16-37(46-26,47-33)31(4,5)42)32(6)13-15-36-18-35(36)12-11-23(45-29-25(41)24(40)20(39)17-43-29)30(2,3)21(35)9-10-22(36)34(28,32)8/h20-29,39-42H,9-18H2,1-8H3/t20-,21-,22-,23+,24+,25-,26-,27-,28+,29+,32-,33+,34-,35-,36+,37+/m1/s1. The van der Waals surface area contributed by atoms with Crippen molar-refractivity contribution in [3.8, 4) is 0 Å². The molecule has 0 aromatic heterocycles. The first-order valence-corrected chi connectivity index (χ1v) is 18.3. The van der Waals surface area contributed by atoms with E-state index < -0.39 is 47.7 Å². The van der Waals surface area contributed by atoms with E-state index in [1.807, 2.05) is 0 Å². The molecule has 0 radical (unpaired) electrons. The molecule has 3 saturated heterocycles. The second-order valence-electron chi connectivity index (χ2n) is 18.9. The Labute approximate surface area is 279 Å². The summed E-state index contributed by atoms with van der Waals surface area (Å²) in [6, 6.07) is 0. The molecule has 4 N–H and O–H groups in total. The van der Waals surface area contributed by atoms with Crippen LogP contribution >= 0.6 is 0 Å². The van der Waals surface area contributed by atoms with Crippen molar-refractivity contribution >= 4 is 5.97 Å². The first-order valence-electron chi connectivity index (χ1n) is 18.3. The highest BCUT2D eigenvalue weighted by molar-refractivity contribution is 5.66. The highest BCUT2D eigenvalue weighted by Crippen LogP contribution is 2.90. The maximum Gasteiger partial charge on any atom is 0.303 e. The minimum absolute atomic E-state index is 0.0310. The van der Waals surface area contributed by atoms with E-state index >= 15 is 0 Å². The Morgan fingerprint density at radius 1 is 0.872 bits per heavy atom. The van der Waals surface area contributed by atoms with Gasteiger partial charge in [0.15, 0.2) is 12.1 Å². The van der Waals surface area contributed by atoms with Crippen LogP contribution in [0, 0.1) is 44.8 Å². The molecule has 10 heteroatoms. The summed E-state index contributed by atoms with van der Waals surface area (Å²) in [6.45, 7) is 16.6. The Balaban J connectivity index is 1.13. The maximum absolute atomic E-state index is 12.9. The summed E-state index contributed by atoms with van der Waals surface area (Å²) < 4.78 is 32.5. The third-order valence-corrected chi connectivity index (χ3v) is 16.4. The summed E-state index contributed by atoms with van der Waals surface area (Å²) in [7, 11) is 0. The van der Waals surface area contributed by atoms with Crippen LogP contribution in [0.2, 0.25) is 0 Å². The van der Waals surface area contributed by atoms with Gasteiger partial charge in [-0.1, -0.05) is 27.7 Å². The van der Waals surface area contributed by atoms with E-state index in [1.165, 1.54) is 6.92 Å². The number of hydrogen-bond acceptors (Lipinski definition) is 10. The number of esters is 1. The Kier molecular flexibility index (Phi) is 6.89. The first-order chi connectivity index (χ1) is 21.7. The van der Waals surface area contributed by atoms with Gasteiger partial charge in [0.25, 0.3) is 0 Å². The van der Waals surface area contributed by atoms with E-state index in [1.54, 1.807) is 13.8 Å². The molecule has 8 rings (SSSR count). The van der Waals surface area contributed by atoms with Crippen molar-refractivity contribution in [1.29, 1.82) is 0 Å². The normalized spacial score (nSPS) is 58.8. The van der Waals surface area contributed by atoms with Gasteiger partial charge >= 0.3 is 5.97 Å². The van der Waals surface area contributed by atoms with Crippen LogP contribution in [-0.2, 0) is 28.5 Å². The predicted molar refractivity (Wildman–Crippen MR) is 168 cm³/mol. The van der Waals surface area contributed by atoms with Gasteiger partial charge in [0, 0.05) is 24.7 Å². The average Bonchev–Trinajstić information content (AvgIpc) is 3.49. The Morgan fingerprint density at radius 2 is 1.55 bits per heavy atom. The lowest BCUT2D eigenvalue weighted by molar-refractivity contribution is -0.388. The van der Waals surface area contributed by atoms with Gasteiger partial charge in [0.05, 0.1) is 18.3 Å². The monoisotopic (exact) mass is 662 g/mol. The van der Waals surface area contributed by atoms with Gasteiger partial charge in [-0.2, -0.15) is 0 Å². The van der Waals surface area contributed by atoms with Crippen molar-refractivity contribution in [3.05, 3.63) is 0 Å². The molecule has 10 nitrogen and oxygen atoms in total. The molecule has 5 saturated carbocycles. The van der Waals surface area contributed by atoms with Crippen molar-refractivity contribution in [2.24, 2.45) is 44.8 Å². The number of aliphatic hydroxyl groups is 4. The molecule has 0 aromatic carbocycles. The number of carbonyl (C=O) groups excluding carboxylic acids is 1. The van der Waals surface area contributed by atoms with E-state index in [0.717, 1.165) is 51.4 Å². The Morgan fingerprint density at radius 3 is 2.23 bits per heavy atom. The zero-order valence-corrected chi connectivity index (χ0v) is 29.6. The average molecular weight is 663 g/mol. The molecular formula is C37H58O10. The number of aliphatic hydroxyl groups excluding tert-OH is 3. The van der Waals surface area contributed by atoms with Gasteiger partial charge in [-0.3, -0.25) is 4.79 Å².